The van der Waals surface area contributed by atoms with Gasteiger partial charge in [-0.25, -0.2) is 4.79 Å². The molecular formula is C20H21N5O2. The first-order chi connectivity index (χ1) is 13.3. The summed E-state index contributed by atoms with van der Waals surface area (Å²) in [6, 6.07) is 15.6. The van der Waals surface area contributed by atoms with E-state index in [0.29, 0.717) is 19.7 Å². The first-order valence-electron chi connectivity index (χ1n) is 8.96. The van der Waals surface area contributed by atoms with Crippen LogP contribution in [0.2, 0.25) is 0 Å². The molecule has 7 nitrogen and oxygen atoms in total. The molecule has 0 bridgehead atoms. The van der Waals surface area contributed by atoms with E-state index in [9.17, 15) is 4.79 Å². The van der Waals surface area contributed by atoms with Crippen molar-refractivity contribution in [3.05, 3.63) is 66.5 Å². The average Bonchev–Trinajstić information content (AvgIpc) is 3.28. The highest BCUT2D eigenvalue weighted by Crippen LogP contribution is 2.20. The lowest BCUT2D eigenvalue weighted by Crippen LogP contribution is -2.49. The van der Waals surface area contributed by atoms with Crippen LogP contribution in [0.3, 0.4) is 0 Å². The summed E-state index contributed by atoms with van der Waals surface area (Å²) in [6.07, 6.45) is 3.31. The summed E-state index contributed by atoms with van der Waals surface area (Å²) in [5, 5.41) is 6.86. The third kappa shape index (κ3) is 4.08. The van der Waals surface area contributed by atoms with Gasteiger partial charge in [-0.2, -0.15) is 5.10 Å². The highest BCUT2D eigenvalue weighted by molar-refractivity contribution is 5.68. The van der Waals surface area contributed by atoms with Gasteiger partial charge in [0.15, 0.2) is 0 Å². The van der Waals surface area contributed by atoms with Gasteiger partial charge in [0.2, 0.25) is 0 Å². The van der Waals surface area contributed by atoms with E-state index in [0.717, 1.165) is 35.7 Å². The highest BCUT2D eigenvalue weighted by atomic mass is 16.6. The normalized spacial score (nSPS) is 14.2. The molecule has 0 radical (unpaired) electrons. The number of hydrogen-bond donors (Lipinski definition) is 1. The largest absolute Gasteiger partial charge is 0.445 e. The van der Waals surface area contributed by atoms with Gasteiger partial charge in [-0.05, 0) is 23.8 Å². The van der Waals surface area contributed by atoms with Crippen molar-refractivity contribution < 1.29 is 9.53 Å². The van der Waals surface area contributed by atoms with Gasteiger partial charge in [-0.15, -0.1) is 0 Å². The lowest BCUT2D eigenvalue weighted by Gasteiger charge is -2.35. The van der Waals surface area contributed by atoms with Crippen LogP contribution in [0, 0.1) is 0 Å². The molecule has 1 saturated heterocycles. The standard InChI is InChI=1S/C20H21N5O2/c26-20(27-15-16-4-2-1-3-5-16)25-12-10-24(11-13-25)17-6-7-18(21-14-17)19-8-9-22-23-19/h1-9,14H,10-13,15H2,(H,22,23). The van der Waals surface area contributed by atoms with Gasteiger partial charge in [0.1, 0.15) is 6.61 Å². The van der Waals surface area contributed by atoms with Crippen molar-refractivity contribution in [1.82, 2.24) is 20.1 Å². The van der Waals surface area contributed by atoms with Gasteiger partial charge in [-0.1, -0.05) is 30.3 Å². The number of nitrogens with one attached hydrogen (secondary N) is 1. The molecule has 0 atom stereocenters. The molecule has 1 aromatic carbocycles. The maximum atomic E-state index is 12.3. The van der Waals surface area contributed by atoms with E-state index in [4.69, 9.17) is 4.74 Å². The number of ether oxygens (including phenoxy) is 1. The average molecular weight is 363 g/mol. The minimum Gasteiger partial charge on any atom is -0.445 e. The molecule has 1 amide bonds. The van der Waals surface area contributed by atoms with Crippen molar-refractivity contribution >= 4 is 11.8 Å². The minimum atomic E-state index is -0.258. The van der Waals surface area contributed by atoms with E-state index in [-0.39, 0.29) is 6.09 Å². The first kappa shape index (κ1) is 17.1. The van der Waals surface area contributed by atoms with Crippen LogP contribution in [-0.2, 0) is 11.3 Å². The number of rotatable bonds is 4. The molecule has 1 fully saturated rings. The van der Waals surface area contributed by atoms with Crippen molar-refractivity contribution in [3.8, 4) is 11.4 Å². The molecule has 3 heterocycles. The van der Waals surface area contributed by atoms with Gasteiger partial charge in [0.05, 0.1) is 23.3 Å². The Kier molecular flexibility index (Phi) is 5.00. The fraction of sp³-hybridized carbons (Fsp3) is 0.250. The number of carbonyl (C=O) groups is 1. The van der Waals surface area contributed by atoms with Crippen LogP contribution in [0.25, 0.3) is 11.4 Å². The number of amides is 1. The zero-order valence-electron chi connectivity index (χ0n) is 14.9. The fourth-order valence-corrected chi connectivity index (χ4v) is 3.09. The van der Waals surface area contributed by atoms with E-state index in [1.54, 1.807) is 11.1 Å². The predicted molar refractivity (Wildman–Crippen MR) is 102 cm³/mol. The smallest absolute Gasteiger partial charge is 0.410 e. The highest BCUT2D eigenvalue weighted by Gasteiger charge is 2.22. The Bertz CT molecular complexity index is 857. The molecule has 0 unspecified atom stereocenters. The molecule has 7 heteroatoms. The molecule has 1 aliphatic rings. The number of piperazine rings is 1. The van der Waals surface area contributed by atoms with Crippen LogP contribution in [0.15, 0.2) is 60.9 Å². The number of pyridine rings is 1. The number of aromatic amines is 1. The minimum absolute atomic E-state index is 0.258. The van der Waals surface area contributed by atoms with E-state index >= 15 is 0 Å². The molecular weight excluding hydrogens is 342 g/mol. The monoisotopic (exact) mass is 363 g/mol. The van der Waals surface area contributed by atoms with Crippen LogP contribution in [0.1, 0.15) is 5.56 Å². The SMILES string of the molecule is O=C(OCc1ccccc1)N1CCN(c2ccc(-c3ccn[nH]3)nc2)CC1. The fourth-order valence-electron chi connectivity index (χ4n) is 3.09. The van der Waals surface area contributed by atoms with Crippen LogP contribution < -0.4 is 4.90 Å². The number of benzene rings is 1. The van der Waals surface area contributed by atoms with Gasteiger partial charge in [-0.3, -0.25) is 10.1 Å². The molecule has 138 valence electrons. The quantitative estimate of drug-likeness (QED) is 0.771. The first-order valence-corrected chi connectivity index (χ1v) is 8.96. The Morgan fingerprint density at radius 3 is 2.52 bits per heavy atom. The number of carbonyl (C=O) groups excluding carboxylic acids is 1. The van der Waals surface area contributed by atoms with E-state index in [1.165, 1.54) is 0 Å². The van der Waals surface area contributed by atoms with E-state index in [2.05, 4.69) is 20.1 Å². The van der Waals surface area contributed by atoms with Crippen LogP contribution in [-0.4, -0.2) is 52.4 Å². The lowest BCUT2D eigenvalue weighted by atomic mass is 10.2. The molecule has 2 aromatic heterocycles. The second kappa shape index (κ2) is 7.90. The zero-order chi connectivity index (χ0) is 18.5. The van der Waals surface area contributed by atoms with Crippen molar-refractivity contribution in [1.29, 1.82) is 0 Å². The summed E-state index contributed by atoms with van der Waals surface area (Å²) in [4.78, 5) is 20.7. The lowest BCUT2D eigenvalue weighted by molar-refractivity contribution is 0.0942. The van der Waals surface area contributed by atoms with Crippen molar-refractivity contribution in [2.24, 2.45) is 0 Å². The number of hydrogen-bond acceptors (Lipinski definition) is 5. The van der Waals surface area contributed by atoms with Crippen LogP contribution in [0.4, 0.5) is 10.5 Å². The van der Waals surface area contributed by atoms with Gasteiger partial charge in [0.25, 0.3) is 0 Å². The summed E-state index contributed by atoms with van der Waals surface area (Å²) >= 11 is 0. The topological polar surface area (TPSA) is 74.3 Å². The Morgan fingerprint density at radius 1 is 1.04 bits per heavy atom. The summed E-state index contributed by atoms with van der Waals surface area (Å²) in [6.45, 7) is 3.09. The molecule has 1 aliphatic heterocycles. The third-order valence-electron chi connectivity index (χ3n) is 4.63. The van der Waals surface area contributed by atoms with Crippen molar-refractivity contribution in [2.75, 3.05) is 31.1 Å². The van der Waals surface area contributed by atoms with Crippen molar-refractivity contribution in [2.45, 2.75) is 6.61 Å². The summed E-state index contributed by atoms with van der Waals surface area (Å²) < 4.78 is 5.41. The summed E-state index contributed by atoms with van der Waals surface area (Å²) in [7, 11) is 0. The van der Waals surface area contributed by atoms with E-state index < -0.39 is 0 Å². The van der Waals surface area contributed by atoms with Gasteiger partial charge < -0.3 is 14.5 Å². The summed E-state index contributed by atoms with van der Waals surface area (Å²) in [5.74, 6) is 0. The third-order valence-corrected chi connectivity index (χ3v) is 4.63. The Labute approximate surface area is 157 Å². The number of H-pyrrole nitrogens is 1. The van der Waals surface area contributed by atoms with Gasteiger partial charge in [0, 0.05) is 32.4 Å². The Balaban J connectivity index is 1.29. The molecule has 0 aliphatic carbocycles. The number of nitrogens with zero attached hydrogens (tertiary/aromatic N) is 4. The molecule has 4 rings (SSSR count). The molecule has 3 aromatic rings. The molecule has 0 saturated carbocycles. The predicted octanol–water partition coefficient (Wildman–Crippen LogP) is 2.93. The summed E-state index contributed by atoms with van der Waals surface area (Å²) in [5.41, 5.74) is 3.80. The molecule has 0 spiro atoms. The maximum absolute atomic E-state index is 12.3. The Hall–Kier alpha value is -3.35. The number of anilines is 1. The Morgan fingerprint density at radius 2 is 1.85 bits per heavy atom. The van der Waals surface area contributed by atoms with Crippen LogP contribution in [0.5, 0.6) is 0 Å². The second-order valence-corrected chi connectivity index (χ2v) is 6.39. The second-order valence-electron chi connectivity index (χ2n) is 6.39. The van der Waals surface area contributed by atoms with E-state index in [1.807, 2.05) is 54.7 Å². The molecule has 1 N–H and O–H groups in total. The molecule has 27 heavy (non-hydrogen) atoms. The van der Waals surface area contributed by atoms with Crippen LogP contribution >= 0.6 is 0 Å². The zero-order valence-corrected chi connectivity index (χ0v) is 14.9. The van der Waals surface area contributed by atoms with Crippen molar-refractivity contribution in [3.63, 3.8) is 0 Å². The van der Waals surface area contributed by atoms with Gasteiger partial charge >= 0.3 is 6.09 Å². The number of aromatic nitrogens is 3. The maximum Gasteiger partial charge on any atom is 0.410 e.